The molecule has 148 valence electrons. The van der Waals surface area contributed by atoms with Crippen molar-refractivity contribution in [2.45, 2.75) is 17.8 Å². The second-order valence-corrected chi connectivity index (χ2v) is 6.99. The minimum absolute atomic E-state index is 0.0964. The van der Waals surface area contributed by atoms with Crippen LogP contribution in [0.5, 0.6) is 0 Å². The Hall–Kier alpha value is -2.84. The fourth-order valence-electron chi connectivity index (χ4n) is 2.63. The Morgan fingerprint density at radius 3 is 2.36 bits per heavy atom. The predicted molar refractivity (Wildman–Crippen MR) is 105 cm³/mol. The lowest BCUT2D eigenvalue weighted by Crippen LogP contribution is -2.50. The zero-order valence-electron chi connectivity index (χ0n) is 15.1. The van der Waals surface area contributed by atoms with Crippen molar-refractivity contribution >= 4 is 40.4 Å². The first-order valence-corrected chi connectivity index (χ1v) is 9.48. The topological polar surface area (TPSA) is 121 Å². The maximum Gasteiger partial charge on any atom is 0.349 e. The maximum absolute atomic E-state index is 11.6. The van der Waals surface area contributed by atoms with Crippen molar-refractivity contribution in [3.8, 4) is 0 Å². The number of carbonyl (C=O) groups is 3. The maximum atomic E-state index is 11.6. The standard InChI is InChI=1S/C20H20O7S/c1-2-27-16(21)8-5-11-28-17(20(26,18(22)23)19(24)25)15-10-9-13-6-3-4-7-14(13)12-15/h3-10,12,17,26H,2,11H2,1H3,(H,22,23)(H,24,25)/b8-5+. The molecule has 0 saturated carbocycles. The van der Waals surface area contributed by atoms with Gasteiger partial charge in [0.05, 0.1) is 11.9 Å². The number of carbonyl (C=O) groups excluding carboxylic acids is 1. The lowest BCUT2D eigenvalue weighted by Gasteiger charge is -2.28. The number of esters is 1. The van der Waals surface area contributed by atoms with E-state index in [0.29, 0.717) is 5.56 Å². The summed E-state index contributed by atoms with van der Waals surface area (Å²) in [5.74, 6) is -4.18. The van der Waals surface area contributed by atoms with Gasteiger partial charge in [-0.05, 0) is 29.3 Å². The van der Waals surface area contributed by atoms with Crippen LogP contribution in [0, 0.1) is 0 Å². The summed E-state index contributed by atoms with van der Waals surface area (Å²) in [5, 5.41) is 29.7. The summed E-state index contributed by atoms with van der Waals surface area (Å²) >= 11 is 0.901. The zero-order valence-corrected chi connectivity index (χ0v) is 15.9. The molecule has 1 atom stereocenters. The summed E-state index contributed by atoms with van der Waals surface area (Å²) in [4.78, 5) is 34.6. The number of benzene rings is 2. The van der Waals surface area contributed by atoms with E-state index in [1.807, 2.05) is 18.2 Å². The Kier molecular flexibility index (Phi) is 7.19. The van der Waals surface area contributed by atoms with E-state index in [1.54, 1.807) is 31.2 Å². The lowest BCUT2D eigenvalue weighted by molar-refractivity contribution is -0.176. The first-order valence-electron chi connectivity index (χ1n) is 8.43. The molecule has 0 saturated heterocycles. The molecule has 0 aliphatic carbocycles. The highest BCUT2D eigenvalue weighted by atomic mass is 32.2. The Bertz CT molecular complexity index is 892. The van der Waals surface area contributed by atoms with Gasteiger partial charge in [-0.1, -0.05) is 42.5 Å². The minimum Gasteiger partial charge on any atom is -0.479 e. The van der Waals surface area contributed by atoms with Crippen LogP contribution in [0.15, 0.2) is 54.6 Å². The summed E-state index contributed by atoms with van der Waals surface area (Å²) in [7, 11) is 0. The van der Waals surface area contributed by atoms with E-state index >= 15 is 0 Å². The number of carboxylic acid groups (broad SMARTS) is 2. The van der Waals surface area contributed by atoms with Crippen LogP contribution in [-0.2, 0) is 19.1 Å². The van der Waals surface area contributed by atoms with Gasteiger partial charge >= 0.3 is 17.9 Å². The molecule has 0 radical (unpaired) electrons. The summed E-state index contributed by atoms with van der Waals surface area (Å²) in [6, 6.07) is 12.3. The van der Waals surface area contributed by atoms with E-state index in [1.165, 1.54) is 12.2 Å². The van der Waals surface area contributed by atoms with Crippen LogP contribution < -0.4 is 0 Å². The fourth-order valence-corrected chi connectivity index (χ4v) is 3.81. The van der Waals surface area contributed by atoms with Crippen LogP contribution in [0.2, 0.25) is 0 Å². The quantitative estimate of drug-likeness (QED) is 0.331. The molecule has 0 spiro atoms. The Balaban J connectivity index is 2.38. The van der Waals surface area contributed by atoms with Gasteiger partial charge in [-0.3, -0.25) is 0 Å². The number of carboxylic acids is 2. The third-order valence-corrected chi connectivity index (χ3v) is 5.34. The second kappa shape index (κ2) is 9.38. The van der Waals surface area contributed by atoms with Crippen molar-refractivity contribution in [2.75, 3.05) is 12.4 Å². The highest BCUT2D eigenvalue weighted by Crippen LogP contribution is 2.40. The summed E-state index contributed by atoms with van der Waals surface area (Å²) < 4.78 is 4.75. The molecule has 28 heavy (non-hydrogen) atoms. The molecule has 2 aromatic carbocycles. The molecule has 7 nitrogen and oxygen atoms in total. The SMILES string of the molecule is CCOC(=O)/C=C/CSC(c1ccc2ccccc2c1)C(O)(C(=O)O)C(=O)O. The molecule has 0 heterocycles. The van der Waals surface area contributed by atoms with Crippen LogP contribution in [0.1, 0.15) is 17.7 Å². The molecule has 3 N–H and O–H groups in total. The van der Waals surface area contributed by atoms with Crippen molar-refractivity contribution < 1.29 is 34.4 Å². The van der Waals surface area contributed by atoms with Crippen LogP contribution in [0.25, 0.3) is 10.8 Å². The third-order valence-electron chi connectivity index (χ3n) is 4.01. The van der Waals surface area contributed by atoms with E-state index in [9.17, 15) is 29.7 Å². The predicted octanol–water partition coefficient (Wildman–Crippen LogP) is 2.63. The average molecular weight is 404 g/mol. The number of hydrogen-bond acceptors (Lipinski definition) is 6. The van der Waals surface area contributed by atoms with Gasteiger partial charge in [0.25, 0.3) is 5.60 Å². The number of thioether (sulfide) groups is 1. The Morgan fingerprint density at radius 2 is 1.75 bits per heavy atom. The number of hydrogen-bond donors (Lipinski definition) is 3. The number of fused-ring (bicyclic) bond motifs is 1. The molecular weight excluding hydrogens is 384 g/mol. The number of rotatable bonds is 9. The molecule has 2 rings (SSSR count). The van der Waals surface area contributed by atoms with Crippen LogP contribution >= 0.6 is 11.8 Å². The highest BCUT2D eigenvalue weighted by Gasteiger charge is 2.52. The molecule has 0 fully saturated rings. The van der Waals surface area contributed by atoms with E-state index in [0.717, 1.165) is 22.5 Å². The first-order chi connectivity index (χ1) is 13.3. The van der Waals surface area contributed by atoms with Crippen LogP contribution in [0.4, 0.5) is 0 Å². The van der Waals surface area contributed by atoms with E-state index in [2.05, 4.69) is 0 Å². The number of aliphatic carboxylic acids is 2. The fraction of sp³-hybridized carbons (Fsp3) is 0.250. The van der Waals surface area contributed by atoms with Crippen molar-refractivity contribution in [1.82, 2.24) is 0 Å². The van der Waals surface area contributed by atoms with Crippen molar-refractivity contribution in [2.24, 2.45) is 0 Å². The monoisotopic (exact) mass is 404 g/mol. The first kappa shape index (κ1) is 21.5. The van der Waals surface area contributed by atoms with Crippen LogP contribution in [-0.4, -0.2) is 51.2 Å². The van der Waals surface area contributed by atoms with Gasteiger partial charge in [0.15, 0.2) is 0 Å². The van der Waals surface area contributed by atoms with Gasteiger partial charge < -0.3 is 20.1 Å². The molecule has 0 bridgehead atoms. The Labute approximate surface area is 165 Å². The van der Waals surface area contributed by atoms with Gasteiger partial charge in [-0.25, -0.2) is 14.4 Å². The van der Waals surface area contributed by atoms with Gasteiger partial charge in [0.2, 0.25) is 0 Å². The third kappa shape index (κ3) is 4.71. The van der Waals surface area contributed by atoms with Gasteiger partial charge in [0.1, 0.15) is 0 Å². The second-order valence-electron chi connectivity index (χ2n) is 5.85. The lowest BCUT2D eigenvalue weighted by atomic mass is 9.92. The van der Waals surface area contributed by atoms with Gasteiger partial charge in [0, 0.05) is 11.8 Å². The summed E-state index contributed by atoms with van der Waals surface area (Å²) in [6.45, 7) is 1.88. The molecule has 0 aliphatic heterocycles. The average Bonchev–Trinajstić information content (AvgIpc) is 2.67. The Morgan fingerprint density at radius 1 is 1.11 bits per heavy atom. The molecule has 0 aromatic heterocycles. The van der Waals surface area contributed by atoms with E-state index in [-0.39, 0.29) is 12.4 Å². The van der Waals surface area contributed by atoms with E-state index < -0.39 is 28.8 Å². The highest BCUT2D eigenvalue weighted by molar-refractivity contribution is 7.99. The number of aliphatic hydroxyl groups is 1. The zero-order chi connectivity index (χ0) is 20.7. The minimum atomic E-state index is -3.04. The normalized spacial score (nSPS) is 12.8. The van der Waals surface area contributed by atoms with E-state index in [4.69, 9.17) is 4.74 Å². The van der Waals surface area contributed by atoms with Gasteiger partial charge in [-0.2, -0.15) is 0 Å². The molecule has 0 amide bonds. The van der Waals surface area contributed by atoms with Crippen molar-refractivity contribution in [1.29, 1.82) is 0 Å². The van der Waals surface area contributed by atoms with Gasteiger partial charge in [-0.15, -0.1) is 11.8 Å². The van der Waals surface area contributed by atoms with Crippen molar-refractivity contribution in [3.05, 3.63) is 60.2 Å². The number of ether oxygens (including phenoxy) is 1. The molecule has 0 aliphatic rings. The molecule has 2 aromatic rings. The smallest absolute Gasteiger partial charge is 0.349 e. The molecular formula is C20H20O7S. The molecule has 8 heteroatoms. The summed E-state index contributed by atoms with van der Waals surface area (Å²) in [5.41, 5.74) is -2.69. The largest absolute Gasteiger partial charge is 0.479 e. The van der Waals surface area contributed by atoms with Crippen molar-refractivity contribution in [3.63, 3.8) is 0 Å². The molecule has 1 unspecified atom stereocenters. The summed E-state index contributed by atoms with van der Waals surface area (Å²) in [6.07, 6.45) is 2.61. The van der Waals surface area contributed by atoms with Crippen LogP contribution in [0.3, 0.4) is 0 Å².